The van der Waals surface area contributed by atoms with Crippen molar-refractivity contribution >= 4 is 179 Å². The van der Waals surface area contributed by atoms with Crippen LogP contribution < -0.4 is 0 Å². The van der Waals surface area contributed by atoms with Gasteiger partial charge in [-0.25, -0.2) is 0 Å². The van der Waals surface area contributed by atoms with Crippen LogP contribution in [0, 0.1) is 27.7 Å². The fourth-order valence-corrected chi connectivity index (χ4v) is 21.0. The maximum atomic E-state index is 2.54. The average molecular weight is 1620 g/mol. The molecule has 24 rings (SSSR count). The quantitative estimate of drug-likeness (QED) is 0.137. The number of hydrogen-bond donors (Lipinski definition) is 0. The maximum absolute atomic E-state index is 2.54. The molecule has 0 aliphatic heterocycles. The number of rotatable bonds is 9. The Bertz CT molecular complexity index is 8160. The second kappa shape index (κ2) is 28.7. The van der Waals surface area contributed by atoms with Gasteiger partial charge in [0.2, 0.25) is 0 Å². The van der Waals surface area contributed by atoms with Crippen LogP contribution >= 0.6 is 0 Å². The van der Waals surface area contributed by atoms with Gasteiger partial charge in [-0.2, -0.15) is 0 Å². The molecule has 612 valence electrons. The van der Waals surface area contributed by atoms with E-state index in [1.54, 1.807) is 0 Å². The van der Waals surface area contributed by atoms with Gasteiger partial charge in [-0.05, 0) is 331 Å². The maximum Gasteiger partial charge on any atom is 0.0620 e. The average Bonchev–Trinajstić information content (AvgIpc) is 1.54. The monoisotopic (exact) mass is 1620 g/mol. The normalized spacial score (nSPS) is 12.7. The van der Waals surface area contributed by atoms with Crippen LogP contribution in [0.15, 0.2) is 279 Å². The van der Waals surface area contributed by atoms with E-state index in [0.717, 1.165) is 0 Å². The van der Waals surface area contributed by atoms with Gasteiger partial charge in [0.1, 0.15) is 0 Å². The molecule has 0 fully saturated rings. The topological polar surface area (TPSA) is 13.2 Å². The minimum Gasteiger partial charge on any atom is -0.308 e. The van der Waals surface area contributed by atoms with Crippen molar-refractivity contribution in [3.05, 3.63) is 340 Å². The molecule has 0 aliphatic rings. The second-order valence-corrected chi connectivity index (χ2v) is 40.0. The van der Waals surface area contributed by atoms with Crippen LogP contribution in [-0.2, 0) is 5.41 Å². The summed E-state index contributed by atoms with van der Waals surface area (Å²) in [5, 5.41) is 31.7. The number of nitrogens with zero attached hydrogens (tertiary/aromatic N) is 3. The van der Waals surface area contributed by atoms with Crippen LogP contribution in [0.5, 0.6) is 0 Å². The van der Waals surface area contributed by atoms with Gasteiger partial charge in [0.25, 0.3) is 0 Å². The first kappa shape index (κ1) is 77.9. The SMILES string of the molecule is CC(C)c1ccc2cc3c(cc2c1)c1cc(-c2ccc(C(C)(C)C)cc2)cc2c4cc5cc(C(C)C)ccc5cc4n3c12.Cc1cc(-c2cc3c4cc5cc(C(C)C)ccc5cc4n4c5cc6ccc(C(C)C)cc6cc5c(c2)c34)cc(C)c1C.Cc1ccc(-c2cc3c4cc5cc(C(C)C)ccc5cc4n4c5cc6ccc(C(C)C)cc6cc5c(c2)c34)cc1. The Morgan fingerprint density at radius 3 is 0.616 bits per heavy atom. The van der Waals surface area contributed by atoms with E-state index in [1.165, 1.54) is 273 Å². The molecule has 0 atom stereocenters. The highest BCUT2D eigenvalue weighted by molar-refractivity contribution is 6.30. The van der Waals surface area contributed by atoms with E-state index < -0.39 is 0 Å². The molecule has 6 heterocycles. The summed E-state index contributed by atoms with van der Waals surface area (Å²) in [4.78, 5) is 0. The number of hydrogen-bond acceptors (Lipinski definition) is 0. The standard InChI is InChI=1S/C42H39N.C41H37N.C39H33N/c1-24(2)27-8-10-29-22-39-35(18-31(29)16-27)37-20-33(26-12-14-34(15-13-26)42(5,6)7)21-38-36-19-32-17-28(25(3)4)9-11-30(32)23-40(36)43(39)41(37)38;1-22(2)27-8-10-29-20-39-35(16-32(29)14-27)37-18-34(31-12-24(5)26(7)25(6)13-31)19-38-36-17-33-15-28(23(3)4)9-11-30(33)21-40(36)42(39)41(37)38;1-22(2)26-10-12-28-20-37-33(16-30(28)14-26)35-18-32(25-8-6-24(5)7-9-25)19-36-34-17-31-15-27(23(3)4)11-13-29(31)21-38(34)40(37)39(35)36/h8-25H,1-7H3;8-23H,1-7H3;6-23H,1-5H3. The Balaban J connectivity index is 0.000000111. The lowest BCUT2D eigenvalue weighted by Crippen LogP contribution is -2.10. The summed E-state index contributed by atoms with van der Waals surface area (Å²) in [6.07, 6.45) is 0. The lowest BCUT2D eigenvalue weighted by Gasteiger charge is -2.19. The van der Waals surface area contributed by atoms with E-state index in [1.807, 2.05) is 0 Å². The molecule has 0 saturated heterocycles. The van der Waals surface area contributed by atoms with Crippen LogP contribution in [0.1, 0.15) is 201 Å². The molecule has 0 bridgehead atoms. The second-order valence-electron chi connectivity index (χ2n) is 40.0. The summed E-state index contributed by atoms with van der Waals surface area (Å²) < 4.78 is 7.60. The molecule has 0 saturated carbocycles. The Kier molecular flexibility index (Phi) is 17.9. The minimum absolute atomic E-state index is 0.134. The zero-order valence-electron chi connectivity index (χ0n) is 75.9. The Labute approximate surface area is 733 Å². The molecule has 18 aromatic carbocycles. The van der Waals surface area contributed by atoms with Crippen molar-refractivity contribution in [1.82, 2.24) is 13.2 Å². The van der Waals surface area contributed by atoms with Gasteiger partial charge >= 0.3 is 0 Å². The summed E-state index contributed by atoms with van der Waals surface area (Å²) in [6, 6.07) is 109. The molecule has 0 unspecified atom stereocenters. The molecule has 6 aromatic heterocycles. The van der Waals surface area contributed by atoms with Crippen molar-refractivity contribution in [2.75, 3.05) is 0 Å². The zero-order chi connectivity index (χ0) is 86.1. The molecule has 24 aromatic rings. The Morgan fingerprint density at radius 1 is 0.192 bits per heavy atom. The predicted octanol–water partition coefficient (Wildman–Crippen LogP) is 35.7. The summed E-state index contributed by atoms with van der Waals surface area (Å²) in [5.41, 5.74) is 34.6. The fraction of sp³-hybridized carbons (Fsp3) is 0.213. The van der Waals surface area contributed by atoms with Crippen molar-refractivity contribution in [3.8, 4) is 33.4 Å². The number of aromatic nitrogens is 3. The van der Waals surface area contributed by atoms with Crippen LogP contribution in [0.25, 0.3) is 212 Å². The number of benzene rings is 18. The molecule has 0 amide bonds. The Hall–Kier alpha value is -13.1. The van der Waals surface area contributed by atoms with Crippen molar-refractivity contribution in [2.24, 2.45) is 0 Å². The van der Waals surface area contributed by atoms with Crippen LogP contribution in [0.3, 0.4) is 0 Å². The lowest BCUT2D eigenvalue weighted by atomic mass is 9.86. The van der Waals surface area contributed by atoms with Crippen molar-refractivity contribution in [3.63, 3.8) is 0 Å². The number of fused-ring (bicyclic) bond motifs is 24. The third kappa shape index (κ3) is 12.6. The first-order chi connectivity index (χ1) is 60.1. The summed E-state index contributed by atoms with van der Waals surface area (Å²) in [5.74, 6) is 3.05. The summed E-state index contributed by atoms with van der Waals surface area (Å²) >= 11 is 0. The summed E-state index contributed by atoms with van der Waals surface area (Å²) in [7, 11) is 0. The van der Waals surface area contributed by atoms with Crippen molar-refractivity contribution < 1.29 is 0 Å². The highest BCUT2D eigenvalue weighted by atomic mass is 14.9. The third-order valence-corrected chi connectivity index (χ3v) is 28.8. The molecule has 125 heavy (non-hydrogen) atoms. The van der Waals surface area contributed by atoms with Gasteiger partial charge < -0.3 is 13.2 Å². The molecule has 3 nitrogen and oxygen atoms in total. The van der Waals surface area contributed by atoms with E-state index >= 15 is 0 Å². The fourth-order valence-electron chi connectivity index (χ4n) is 21.0. The highest BCUT2D eigenvalue weighted by Gasteiger charge is 2.27. The highest BCUT2D eigenvalue weighted by Crippen LogP contribution is 2.50. The van der Waals surface area contributed by atoms with Crippen LogP contribution in [0.4, 0.5) is 0 Å². The van der Waals surface area contributed by atoms with Crippen LogP contribution in [0.2, 0.25) is 0 Å². The molecule has 0 N–H and O–H groups in total. The molecular formula is C122H109N3. The van der Waals surface area contributed by atoms with E-state index in [0.29, 0.717) is 35.5 Å². The van der Waals surface area contributed by atoms with Gasteiger partial charge in [0, 0.05) is 64.6 Å². The first-order valence-corrected chi connectivity index (χ1v) is 45.8. The van der Waals surface area contributed by atoms with Gasteiger partial charge in [-0.1, -0.05) is 279 Å². The van der Waals surface area contributed by atoms with Crippen LogP contribution in [-0.4, -0.2) is 13.2 Å². The lowest BCUT2D eigenvalue weighted by molar-refractivity contribution is 0.590. The molecule has 3 heteroatoms. The third-order valence-electron chi connectivity index (χ3n) is 28.8. The van der Waals surface area contributed by atoms with Gasteiger partial charge in [-0.15, -0.1) is 0 Å². The first-order valence-electron chi connectivity index (χ1n) is 45.8. The molecule has 0 spiro atoms. The minimum atomic E-state index is 0.134. The summed E-state index contributed by atoms with van der Waals surface area (Å²) in [6.45, 7) is 43.0. The largest absolute Gasteiger partial charge is 0.308 e. The molecule has 0 radical (unpaired) electrons. The van der Waals surface area contributed by atoms with E-state index in [4.69, 9.17) is 0 Å². The molecule has 0 aliphatic carbocycles. The van der Waals surface area contributed by atoms with E-state index in [9.17, 15) is 0 Å². The zero-order valence-corrected chi connectivity index (χ0v) is 75.9. The smallest absolute Gasteiger partial charge is 0.0620 e. The van der Waals surface area contributed by atoms with Gasteiger partial charge in [-0.3, -0.25) is 0 Å². The van der Waals surface area contributed by atoms with Crippen molar-refractivity contribution in [2.45, 2.75) is 172 Å². The van der Waals surface area contributed by atoms with E-state index in [2.05, 4.69) is 424 Å². The Morgan fingerprint density at radius 2 is 0.400 bits per heavy atom. The van der Waals surface area contributed by atoms with Crippen molar-refractivity contribution in [1.29, 1.82) is 0 Å². The predicted molar refractivity (Wildman–Crippen MR) is 547 cm³/mol. The molecular weight excluding hydrogens is 1510 g/mol. The van der Waals surface area contributed by atoms with Gasteiger partial charge in [0.05, 0.1) is 49.7 Å². The van der Waals surface area contributed by atoms with Gasteiger partial charge in [0.15, 0.2) is 0 Å². The van der Waals surface area contributed by atoms with E-state index in [-0.39, 0.29) is 5.41 Å². The number of aryl methyl sites for hydroxylation is 3.